The van der Waals surface area contributed by atoms with Gasteiger partial charge in [-0.2, -0.15) is 0 Å². The minimum absolute atomic E-state index is 0.0201. The van der Waals surface area contributed by atoms with Gasteiger partial charge in [0.25, 0.3) is 5.91 Å². The Balaban J connectivity index is 2.54. The Morgan fingerprint density at radius 1 is 1.62 bits per heavy atom. The fourth-order valence-electron chi connectivity index (χ4n) is 0.966. The van der Waals surface area contributed by atoms with Crippen molar-refractivity contribution in [2.24, 2.45) is 5.14 Å². The van der Waals surface area contributed by atoms with Crippen LogP contribution in [-0.2, 0) is 10.0 Å². The predicted molar refractivity (Wildman–Crippen MR) is 67.1 cm³/mol. The molecule has 1 amide bonds. The number of amides is 1. The van der Waals surface area contributed by atoms with Gasteiger partial charge in [0.1, 0.15) is 0 Å². The lowest BCUT2D eigenvalue weighted by atomic mass is 10.3. The van der Waals surface area contributed by atoms with Crippen LogP contribution in [0.5, 0.6) is 0 Å². The van der Waals surface area contributed by atoms with Gasteiger partial charge < -0.3 is 5.32 Å². The number of halogens is 1. The van der Waals surface area contributed by atoms with E-state index in [-0.39, 0.29) is 18.2 Å². The van der Waals surface area contributed by atoms with Crippen LogP contribution >= 0.6 is 27.3 Å². The number of rotatable bonds is 4. The van der Waals surface area contributed by atoms with Gasteiger partial charge in [-0.3, -0.25) is 4.79 Å². The van der Waals surface area contributed by atoms with Crippen LogP contribution < -0.4 is 10.5 Å². The van der Waals surface area contributed by atoms with Crippen LogP contribution in [-0.4, -0.2) is 26.6 Å². The number of carbonyl (C=O) groups is 1. The number of aryl methyl sites for hydroxylation is 1. The van der Waals surface area contributed by atoms with Crippen molar-refractivity contribution in [1.29, 1.82) is 0 Å². The van der Waals surface area contributed by atoms with Gasteiger partial charge in [-0.05, 0) is 34.5 Å². The number of hydrogen-bond acceptors (Lipinski definition) is 4. The molecule has 90 valence electrons. The number of nitrogens with two attached hydrogens (primary N) is 1. The first-order valence-electron chi connectivity index (χ1n) is 4.34. The molecule has 1 heterocycles. The summed E-state index contributed by atoms with van der Waals surface area (Å²) in [5.74, 6) is -0.549. The molecule has 0 aliphatic heterocycles. The molecule has 0 bridgehead atoms. The van der Waals surface area contributed by atoms with E-state index in [4.69, 9.17) is 5.14 Å². The van der Waals surface area contributed by atoms with Crippen molar-refractivity contribution >= 4 is 43.2 Å². The maximum atomic E-state index is 11.5. The molecule has 0 saturated carbocycles. The van der Waals surface area contributed by atoms with E-state index in [0.717, 1.165) is 9.35 Å². The molecule has 5 nitrogen and oxygen atoms in total. The quantitative estimate of drug-likeness (QED) is 0.859. The second kappa shape index (κ2) is 5.26. The normalized spacial score (nSPS) is 11.4. The Morgan fingerprint density at radius 2 is 2.25 bits per heavy atom. The van der Waals surface area contributed by atoms with E-state index >= 15 is 0 Å². The Bertz CT molecular complexity index is 476. The smallest absolute Gasteiger partial charge is 0.261 e. The number of sulfonamides is 1. The van der Waals surface area contributed by atoms with Crippen molar-refractivity contribution in [3.63, 3.8) is 0 Å². The highest BCUT2D eigenvalue weighted by molar-refractivity contribution is 9.11. The number of primary sulfonamides is 1. The zero-order valence-corrected chi connectivity index (χ0v) is 11.7. The molecule has 0 atom stereocenters. The van der Waals surface area contributed by atoms with Crippen molar-refractivity contribution < 1.29 is 13.2 Å². The number of hydrogen-bond donors (Lipinski definition) is 2. The Morgan fingerprint density at radius 3 is 2.69 bits per heavy atom. The molecule has 0 aliphatic carbocycles. The van der Waals surface area contributed by atoms with E-state index in [0.29, 0.717) is 4.88 Å². The summed E-state index contributed by atoms with van der Waals surface area (Å²) in [6, 6.07) is 1.74. The van der Waals surface area contributed by atoms with Crippen LogP contribution in [0.25, 0.3) is 0 Å². The second-order valence-corrected chi connectivity index (χ2v) is 7.29. The third-order valence-electron chi connectivity index (χ3n) is 1.75. The van der Waals surface area contributed by atoms with Gasteiger partial charge in [0.15, 0.2) is 0 Å². The Labute approximate surface area is 106 Å². The molecule has 0 spiro atoms. The summed E-state index contributed by atoms with van der Waals surface area (Å²) in [6.07, 6.45) is 0. The summed E-state index contributed by atoms with van der Waals surface area (Å²) in [5, 5.41) is 7.29. The van der Waals surface area contributed by atoms with Gasteiger partial charge >= 0.3 is 0 Å². The van der Waals surface area contributed by atoms with Crippen molar-refractivity contribution in [1.82, 2.24) is 5.32 Å². The Hall–Kier alpha value is -0.440. The zero-order valence-electron chi connectivity index (χ0n) is 8.49. The summed E-state index contributed by atoms with van der Waals surface area (Å²) >= 11 is 4.61. The SMILES string of the molecule is Cc1cc(C(=O)NCCS(N)(=O)=O)sc1Br. The summed E-state index contributed by atoms with van der Waals surface area (Å²) in [6.45, 7) is 1.90. The largest absolute Gasteiger partial charge is 0.350 e. The summed E-state index contributed by atoms with van der Waals surface area (Å²) in [5.41, 5.74) is 0.974. The van der Waals surface area contributed by atoms with E-state index in [1.807, 2.05) is 6.92 Å². The van der Waals surface area contributed by atoms with E-state index in [2.05, 4.69) is 21.2 Å². The van der Waals surface area contributed by atoms with E-state index in [1.165, 1.54) is 11.3 Å². The van der Waals surface area contributed by atoms with Crippen LogP contribution in [0.1, 0.15) is 15.2 Å². The molecule has 8 heteroatoms. The lowest BCUT2D eigenvalue weighted by Crippen LogP contribution is -2.31. The van der Waals surface area contributed by atoms with Crippen LogP contribution in [0, 0.1) is 6.92 Å². The molecule has 0 saturated heterocycles. The maximum absolute atomic E-state index is 11.5. The van der Waals surface area contributed by atoms with Crippen LogP contribution in [0.3, 0.4) is 0 Å². The highest BCUT2D eigenvalue weighted by Crippen LogP contribution is 2.26. The summed E-state index contributed by atoms with van der Waals surface area (Å²) in [4.78, 5) is 12.1. The van der Waals surface area contributed by atoms with Gasteiger partial charge in [-0.1, -0.05) is 0 Å². The number of nitrogens with one attached hydrogen (secondary N) is 1. The first-order chi connectivity index (χ1) is 7.29. The molecule has 1 rings (SSSR count). The molecule has 0 radical (unpaired) electrons. The molecule has 16 heavy (non-hydrogen) atoms. The molecular formula is C8H11BrN2O3S2. The minimum Gasteiger partial charge on any atom is -0.350 e. The standard InChI is InChI=1S/C8H11BrN2O3S2/c1-5-4-6(15-7(5)9)8(12)11-2-3-16(10,13)14/h4H,2-3H2,1H3,(H,11,12)(H2,10,13,14). The molecule has 1 aromatic heterocycles. The molecule has 0 aliphatic rings. The second-order valence-electron chi connectivity index (χ2n) is 3.19. The highest BCUT2D eigenvalue weighted by Gasteiger charge is 2.11. The fourth-order valence-corrected chi connectivity index (χ4v) is 2.80. The first-order valence-corrected chi connectivity index (χ1v) is 7.66. The molecule has 0 fully saturated rings. The molecule has 3 N–H and O–H groups in total. The lowest BCUT2D eigenvalue weighted by molar-refractivity contribution is 0.0960. The van der Waals surface area contributed by atoms with E-state index < -0.39 is 10.0 Å². The van der Waals surface area contributed by atoms with Crippen LogP contribution in [0.2, 0.25) is 0 Å². The lowest BCUT2D eigenvalue weighted by Gasteiger charge is -2.01. The van der Waals surface area contributed by atoms with Crippen molar-refractivity contribution in [2.45, 2.75) is 6.92 Å². The van der Waals surface area contributed by atoms with Gasteiger partial charge in [0.05, 0.1) is 14.4 Å². The number of carbonyl (C=O) groups excluding carboxylic acids is 1. The minimum atomic E-state index is -3.53. The topological polar surface area (TPSA) is 89.3 Å². The van der Waals surface area contributed by atoms with Gasteiger partial charge in [0.2, 0.25) is 10.0 Å². The van der Waals surface area contributed by atoms with E-state index in [1.54, 1.807) is 6.07 Å². The van der Waals surface area contributed by atoms with Crippen LogP contribution in [0.4, 0.5) is 0 Å². The third kappa shape index (κ3) is 4.20. The van der Waals surface area contributed by atoms with E-state index in [9.17, 15) is 13.2 Å². The first kappa shape index (κ1) is 13.6. The Kier molecular flexibility index (Phi) is 4.48. The summed E-state index contributed by atoms with van der Waals surface area (Å²) < 4.78 is 22.2. The third-order valence-corrected chi connectivity index (χ3v) is 4.66. The molecular weight excluding hydrogens is 316 g/mol. The number of thiophene rings is 1. The maximum Gasteiger partial charge on any atom is 0.261 e. The summed E-state index contributed by atoms with van der Waals surface area (Å²) in [7, 11) is -3.53. The van der Waals surface area contributed by atoms with Gasteiger partial charge in [-0.25, -0.2) is 13.6 Å². The van der Waals surface area contributed by atoms with Gasteiger partial charge in [-0.15, -0.1) is 11.3 Å². The predicted octanol–water partition coefficient (Wildman–Crippen LogP) is 0.837. The van der Waals surface area contributed by atoms with Crippen LogP contribution in [0.15, 0.2) is 9.85 Å². The van der Waals surface area contributed by atoms with Crippen molar-refractivity contribution in [2.75, 3.05) is 12.3 Å². The molecule has 1 aromatic rings. The average molecular weight is 327 g/mol. The fraction of sp³-hybridized carbons (Fsp3) is 0.375. The highest BCUT2D eigenvalue weighted by atomic mass is 79.9. The zero-order chi connectivity index (χ0) is 12.3. The average Bonchev–Trinajstić information content (AvgIpc) is 2.45. The van der Waals surface area contributed by atoms with Gasteiger partial charge in [0, 0.05) is 6.54 Å². The van der Waals surface area contributed by atoms with Crippen molar-refractivity contribution in [3.05, 3.63) is 20.3 Å². The molecule has 0 unspecified atom stereocenters. The molecule has 0 aromatic carbocycles. The monoisotopic (exact) mass is 326 g/mol. The van der Waals surface area contributed by atoms with Crippen molar-refractivity contribution in [3.8, 4) is 0 Å².